The standard InChI is InChI=1S/C9H20N2O4/c1-7(5-14-2)15-6-8(12)3-11-4-9(10)13/h7-8,11-12H,3-6H2,1-2H3,(H2,10,13). The van der Waals surface area contributed by atoms with Crippen molar-refractivity contribution < 1.29 is 19.4 Å². The van der Waals surface area contributed by atoms with Crippen LogP contribution in [0.5, 0.6) is 0 Å². The van der Waals surface area contributed by atoms with Crippen LogP contribution in [0.1, 0.15) is 6.92 Å². The van der Waals surface area contributed by atoms with Crippen molar-refractivity contribution in [3.63, 3.8) is 0 Å². The molecule has 1 amide bonds. The largest absolute Gasteiger partial charge is 0.389 e. The molecule has 0 aliphatic heterocycles. The second kappa shape index (κ2) is 8.60. The van der Waals surface area contributed by atoms with Crippen LogP contribution in [0.4, 0.5) is 0 Å². The topological polar surface area (TPSA) is 93.8 Å². The maximum absolute atomic E-state index is 10.4. The highest BCUT2D eigenvalue weighted by Gasteiger charge is 2.07. The summed E-state index contributed by atoms with van der Waals surface area (Å²) in [7, 11) is 1.59. The van der Waals surface area contributed by atoms with E-state index in [-0.39, 0.29) is 25.8 Å². The predicted octanol–water partition coefficient (Wildman–Crippen LogP) is -1.53. The van der Waals surface area contributed by atoms with Gasteiger partial charge in [0.15, 0.2) is 0 Å². The Balaban J connectivity index is 3.40. The Hall–Kier alpha value is -0.690. The first-order valence-corrected chi connectivity index (χ1v) is 4.84. The van der Waals surface area contributed by atoms with Gasteiger partial charge in [0.1, 0.15) is 0 Å². The fourth-order valence-electron chi connectivity index (χ4n) is 0.979. The van der Waals surface area contributed by atoms with Gasteiger partial charge in [-0.15, -0.1) is 0 Å². The van der Waals surface area contributed by atoms with Gasteiger partial charge in [0.05, 0.1) is 32.0 Å². The molecule has 0 aromatic heterocycles. The molecule has 0 fully saturated rings. The van der Waals surface area contributed by atoms with E-state index < -0.39 is 12.0 Å². The number of aliphatic hydroxyl groups is 1. The van der Waals surface area contributed by atoms with Crippen LogP contribution in [0.2, 0.25) is 0 Å². The summed E-state index contributed by atoms with van der Waals surface area (Å²) in [5, 5.41) is 12.1. The Morgan fingerprint density at radius 3 is 2.73 bits per heavy atom. The molecule has 0 saturated carbocycles. The fraction of sp³-hybridized carbons (Fsp3) is 0.889. The minimum absolute atomic E-state index is 0.0548. The molecule has 0 heterocycles. The van der Waals surface area contributed by atoms with Crippen molar-refractivity contribution >= 4 is 5.91 Å². The molecule has 0 aromatic carbocycles. The summed E-state index contributed by atoms with van der Waals surface area (Å²) >= 11 is 0. The number of hydrogen-bond donors (Lipinski definition) is 3. The third-order valence-corrected chi connectivity index (χ3v) is 1.65. The maximum atomic E-state index is 10.4. The molecule has 0 aliphatic carbocycles. The second-order valence-electron chi connectivity index (χ2n) is 3.35. The number of carbonyl (C=O) groups is 1. The molecule has 0 aliphatic rings. The van der Waals surface area contributed by atoms with Crippen molar-refractivity contribution in [1.29, 1.82) is 0 Å². The minimum atomic E-state index is -0.649. The second-order valence-corrected chi connectivity index (χ2v) is 3.35. The molecule has 0 saturated heterocycles. The number of amides is 1. The van der Waals surface area contributed by atoms with E-state index >= 15 is 0 Å². The molecule has 2 atom stereocenters. The lowest BCUT2D eigenvalue weighted by molar-refractivity contribution is -0.117. The predicted molar refractivity (Wildman–Crippen MR) is 55.4 cm³/mol. The highest BCUT2D eigenvalue weighted by molar-refractivity contribution is 5.75. The Bertz CT molecular complexity index is 177. The van der Waals surface area contributed by atoms with Crippen LogP contribution < -0.4 is 11.1 Å². The van der Waals surface area contributed by atoms with Crippen LogP contribution in [0.25, 0.3) is 0 Å². The molecule has 15 heavy (non-hydrogen) atoms. The molecule has 0 aromatic rings. The number of carbonyl (C=O) groups excluding carboxylic acids is 1. The molecule has 6 nitrogen and oxygen atoms in total. The first kappa shape index (κ1) is 14.3. The Morgan fingerprint density at radius 2 is 2.20 bits per heavy atom. The zero-order valence-corrected chi connectivity index (χ0v) is 9.23. The van der Waals surface area contributed by atoms with Crippen molar-refractivity contribution in [2.45, 2.75) is 19.1 Å². The van der Waals surface area contributed by atoms with E-state index in [1.165, 1.54) is 0 Å². The SMILES string of the molecule is COCC(C)OCC(O)CNCC(N)=O. The molecular formula is C9H20N2O4. The van der Waals surface area contributed by atoms with Crippen LogP contribution in [0.15, 0.2) is 0 Å². The van der Waals surface area contributed by atoms with E-state index in [0.717, 1.165) is 0 Å². The van der Waals surface area contributed by atoms with E-state index in [1.807, 2.05) is 6.92 Å². The monoisotopic (exact) mass is 220 g/mol. The van der Waals surface area contributed by atoms with Crippen molar-refractivity contribution in [2.24, 2.45) is 5.73 Å². The molecule has 0 radical (unpaired) electrons. The summed E-state index contributed by atoms with van der Waals surface area (Å²) in [6.07, 6.45) is -0.704. The van der Waals surface area contributed by atoms with Crippen molar-refractivity contribution in [1.82, 2.24) is 5.32 Å². The number of aliphatic hydroxyl groups excluding tert-OH is 1. The summed E-state index contributed by atoms with van der Waals surface area (Å²) in [6.45, 7) is 2.89. The number of primary amides is 1. The Labute approximate surface area is 89.7 Å². The molecule has 0 bridgehead atoms. The van der Waals surface area contributed by atoms with E-state index in [4.69, 9.17) is 15.2 Å². The van der Waals surface area contributed by atoms with Crippen LogP contribution >= 0.6 is 0 Å². The number of ether oxygens (including phenoxy) is 2. The third-order valence-electron chi connectivity index (χ3n) is 1.65. The zero-order chi connectivity index (χ0) is 11.7. The van der Waals surface area contributed by atoms with Gasteiger partial charge in [0.25, 0.3) is 0 Å². The van der Waals surface area contributed by atoms with Gasteiger partial charge in [-0.1, -0.05) is 0 Å². The molecular weight excluding hydrogens is 200 g/mol. The van der Waals surface area contributed by atoms with Gasteiger partial charge < -0.3 is 25.6 Å². The summed E-state index contributed by atoms with van der Waals surface area (Å²) in [5.41, 5.74) is 4.91. The van der Waals surface area contributed by atoms with Gasteiger partial charge in [0, 0.05) is 13.7 Å². The number of hydrogen-bond acceptors (Lipinski definition) is 5. The number of nitrogens with two attached hydrogens (primary N) is 1. The molecule has 2 unspecified atom stereocenters. The first-order chi connectivity index (χ1) is 7.06. The minimum Gasteiger partial charge on any atom is -0.389 e. The molecule has 90 valence electrons. The van der Waals surface area contributed by atoms with Crippen LogP contribution in [0, 0.1) is 0 Å². The average molecular weight is 220 g/mol. The van der Waals surface area contributed by atoms with E-state index in [0.29, 0.717) is 6.61 Å². The molecule has 4 N–H and O–H groups in total. The summed E-state index contributed by atoms with van der Waals surface area (Å²) < 4.78 is 10.1. The van der Waals surface area contributed by atoms with Gasteiger partial charge in [0.2, 0.25) is 5.91 Å². The quantitative estimate of drug-likeness (QED) is 0.438. The lowest BCUT2D eigenvalue weighted by atomic mass is 10.3. The van der Waals surface area contributed by atoms with Gasteiger partial charge in [-0.2, -0.15) is 0 Å². The highest BCUT2D eigenvalue weighted by Crippen LogP contribution is 1.93. The number of nitrogens with one attached hydrogen (secondary N) is 1. The van der Waals surface area contributed by atoms with Crippen molar-refractivity contribution in [3.8, 4) is 0 Å². The summed E-state index contributed by atoms with van der Waals surface area (Å²) in [4.78, 5) is 10.4. The van der Waals surface area contributed by atoms with Gasteiger partial charge in [-0.05, 0) is 6.92 Å². The summed E-state index contributed by atoms with van der Waals surface area (Å²) in [6, 6.07) is 0. The average Bonchev–Trinajstić information content (AvgIpc) is 2.14. The molecule has 6 heteroatoms. The number of rotatable bonds is 9. The van der Waals surface area contributed by atoms with Gasteiger partial charge in [-0.3, -0.25) is 4.79 Å². The zero-order valence-electron chi connectivity index (χ0n) is 9.23. The normalized spacial score (nSPS) is 14.9. The van der Waals surface area contributed by atoms with Crippen molar-refractivity contribution in [3.05, 3.63) is 0 Å². The molecule has 0 spiro atoms. The van der Waals surface area contributed by atoms with Gasteiger partial charge in [-0.25, -0.2) is 0 Å². The van der Waals surface area contributed by atoms with E-state index in [1.54, 1.807) is 7.11 Å². The van der Waals surface area contributed by atoms with E-state index in [9.17, 15) is 9.90 Å². The lowest BCUT2D eigenvalue weighted by Crippen LogP contribution is -2.36. The van der Waals surface area contributed by atoms with Gasteiger partial charge >= 0.3 is 0 Å². The Kier molecular flexibility index (Phi) is 8.21. The van der Waals surface area contributed by atoms with Crippen LogP contribution in [-0.4, -0.2) is 56.6 Å². The fourth-order valence-corrected chi connectivity index (χ4v) is 0.979. The third kappa shape index (κ3) is 9.61. The maximum Gasteiger partial charge on any atom is 0.231 e. The summed E-state index contributed by atoms with van der Waals surface area (Å²) in [5.74, 6) is -0.448. The highest BCUT2D eigenvalue weighted by atomic mass is 16.5. The van der Waals surface area contributed by atoms with Crippen molar-refractivity contribution in [2.75, 3.05) is 33.4 Å². The first-order valence-electron chi connectivity index (χ1n) is 4.84. The molecule has 0 rings (SSSR count). The smallest absolute Gasteiger partial charge is 0.231 e. The van der Waals surface area contributed by atoms with E-state index in [2.05, 4.69) is 5.32 Å². The van der Waals surface area contributed by atoms with Crippen LogP contribution in [0.3, 0.4) is 0 Å². The lowest BCUT2D eigenvalue weighted by Gasteiger charge is -2.15. The Morgan fingerprint density at radius 1 is 1.53 bits per heavy atom. The van der Waals surface area contributed by atoms with Crippen LogP contribution in [-0.2, 0) is 14.3 Å². The number of methoxy groups -OCH3 is 1.